The number of aliphatic hydroxyl groups is 2. The molecule has 206 valence electrons. The van der Waals surface area contributed by atoms with E-state index in [1.165, 1.54) is 7.11 Å². The molecule has 1 aliphatic rings. The van der Waals surface area contributed by atoms with Crippen LogP contribution in [0.1, 0.15) is 22.5 Å². The molecule has 5 rings (SSSR count). The summed E-state index contributed by atoms with van der Waals surface area (Å²) in [7, 11) is 1.47. The normalized spacial score (nSPS) is 23.2. The van der Waals surface area contributed by atoms with Crippen molar-refractivity contribution in [3.05, 3.63) is 95.6 Å². The van der Waals surface area contributed by atoms with Gasteiger partial charge in [-0.05, 0) is 11.1 Å². The monoisotopic (exact) mass is 536 g/mol. The lowest BCUT2D eigenvalue weighted by molar-refractivity contribution is -0.314. The van der Waals surface area contributed by atoms with Crippen molar-refractivity contribution in [2.45, 2.75) is 57.0 Å². The van der Waals surface area contributed by atoms with E-state index in [9.17, 15) is 10.2 Å². The summed E-state index contributed by atoms with van der Waals surface area (Å²) >= 11 is 0. The van der Waals surface area contributed by atoms with E-state index < -0.39 is 37.3 Å². The van der Waals surface area contributed by atoms with Gasteiger partial charge in [0.05, 0.1) is 45.3 Å². The summed E-state index contributed by atoms with van der Waals surface area (Å²) in [6.45, 7) is 0.899. The molecule has 4 aromatic rings. The van der Waals surface area contributed by atoms with Gasteiger partial charge >= 0.3 is 0 Å². The molecule has 12 heteroatoms. The maximum atomic E-state index is 10.9. The first kappa shape index (κ1) is 27.1. The third-order valence-electron chi connectivity index (χ3n) is 6.43. The Balaban J connectivity index is 1.23. The van der Waals surface area contributed by atoms with Gasteiger partial charge in [-0.25, -0.2) is 9.36 Å². The van der Waals surface area contributed by atoms with Crippen molar-refractivity contribution in [1.82, 2.24) is 30.0 Å². The molecule has 1 saturated heterocycles. The second kappa shape index (κ2) is 13.0. The molecule has 0 amide bonds. The third kappa shape index (κ3) is 6.92. The number of hydrogen-bond acceptors (Lipinski definition) is 10. The molecule has 2 aromatic heterocycles. The zero-order valence-corrected chi connectivity index (χ0v) is 21.6. The van der Waals surface area contributed by atoms with E-state index in [1.54, 1.807) is 21.8 Å². The summed E-state index contributed by atoms with van der Waals surface area (Å²) in [4.78, 5) is 0. The summed E-state index contributed by atoms with van der Waals surface area (Å²) in [5, 5.41) is 37.4. The average Bonchev–Trinajstić information content (AvgIpc) is 3.61. The molecule has 0 saturated carbocycles. The predicted molar refractivity (Wildman–Crippen MR) is 137 cm³/mol. The van der Waals surface area contributed by atoms with Crippen LogP contribution in [0.5, 0.6) is 0 Å². The van der Waals surface area contributed by atoms with Crippen molar-refractivity contribution >= 4 is 0 Å². The van der Waals surface area contributed by atoms with Crippen LogP contribution in [-0.4, -0.2) is 84.6 Å². The fraction of sp³-hybridized carbons (Fsp3) is 0.407. The molecule has 0 unspecified atom stereocenters. The van der Waals surface area contributed by atoms with Crippen LogP contribution in [0.25, 0.3) is 0 Å². The number of methoxy groups -OCH3 is 1. The molecule has 3 heterocycles. The summed E-state index contributed by atoms with van der Waals surface area (Å²) in [6.07, 6.45) is -1.06. The Morgan fingerprint density at radius 1 is 0.795 bits per heavy atom. The van der Waals surface area contributed by atoms with Crippen LogP contribution in [0.15, 0.2) is 73.1 Å². The van der Waals surface area contributed by atoms with Gasteiger partial charge in [0.2, 0.25) is 0 Å². The third-order valence-corrected chi connectivity index (χ3v) is 6.43. The second-order valence-corrected chi connectivity index (χ2v) is 9.29. The number of nitrogens with zero attached hydrogens (tertiary/aromatic N) is 6. The zero-order chi connectivity index (χ0) is 27.0. The highest BCUT2D eigenvalue weighted by atomic mass is 16.7. The van der Waals surface area contributed by atoms with Gasteiger partial charge in [-0.3, -0.25) is 0 Å². The molecule has 0 spiro atoms. The van der Waals surface area contributed by atoms with Gasteiger partial charge in [-0.1, -0.05) is 71.1 Å². The Bertz CT molecular complexity index is 1290. The van der Waals surface area contributed by atoms with Crippen molar-refractivity contribution in [2.24, 2.45) is 0 Å². The van der Waals surface area contributed by atoms with E-state index in [4.69, 9.17) is 18.9 Å². The van der Waals surface area contributed by atoms with E-state index in [1.807, 2.05) is 60.7 Å². The minimum absolute atomic E-state index is 0.0677. The fourth-order valence-electron chi connectivity index (χ4n) is 4.47. The molecule has 2 N–H and O–H groups in total. The van der Waals surface area contributed by atoms with Crippen LogP contribution >= 0.6 is 0 Å². The van der Waals surface area contributed by atoms with E-state index >= 15 is 0 Å². The van der Waals surface area contributed by atoms with Gasteiger partial charge in [-0.15, -0.1) is 10.2 Å². The Hall–Kier alpha value is -3.52. The lowest BCUT2D eigenvalue weighted by Gasteiger charge is -2.43. The van der Waals surface area contributed by atoms with Crippen LogP contribution in [0.3, 0.4) is 0 Å². The summed E-state index contributed by atoms with van der Waals surface area (Å²) in [6, 6.07) is 19.9. The van der Waals surface area contributed by atoms with E-state index in [0.717, 1.165) is 11.1 Å². The minimum atomic E-state index is -1.17. The standard InChI is InChI=1S/C27H32N6O6/c1-36-27-26(38-18-22-15-33(31-29-22)13-20-10-6-3-7-11-20)25(24(35)23(16-34)39-27)37-17-21-14-32(30-28-21)12-19-8-4-2-5-9-19/h2-11,14-15,23-27,34-35H,12-13,16-18H2,1H3/t23-,24-,25+,26-,27+/m1/s1. The van der Waals surface area contributed by atoms with E-state index in [0.29, 0.717) is 24.5 Å². The molecule has 39 heavy (non-hydrogen) atoms. The van der Waals surface area contributed by atoms with Crippen LogP contribution in [0, 0.1) is 0 Å². The van der Waals surface area contributed by atoms with Gasteiger partial charge in [0.1, 0.15) is 35.8 Å². The van der Waals surface area contributed by atoms with Crippen molar-refractivity contribution in [3.8, 4) is 0 Å². The van der Waals surface area contributed by atoms with Crippen LogP contribution in [0.2, 0.25) is 0 Å². The molecule has 12 nitrogen and oxygen atoms in total. The number of aliphatic hydroxyl groups excluding tert-OH is 2. The summed E-state index contributed by atoms with van der Waals surface area (Å²) in [5.41, 5.74) is 3.38. The quantitative estimate of drug-likeness (QED) is 0.271. The first-order valence-corrected chi connectivity index (χ1v) is 12.7. The number of benzene rings is 2. The van der Waals surface area contributed by atoms with Crippen LogP contribution < -0.4 is 0 Å². The summed E-state index contributed by atoms with van der Waals surface area (Å²) < 4.78 is 26.9. The maximum Gasteiger partial charge on any atom is 0.186 e. The number of hydrogen-bond donors (Lipinski definition) is 2. The molecule has 1 aliphatic heterocycles. The molecule has 5 atom stereocenters. The highest BCUT2D eigenvalue weighted by Crippen LogP contribution is 2.28. The van der Waals surface area contributed by atoms with Gasteiger partial charge in [0, 0.05) is 7.11 Å². The highest BCUT2D eigenvalue weighted by molar-refractivity contribution is 5.15. The highest BCUT2D eigenvalue weighted by Gasteiger charge is 2.47. The Morgan fingerprint density at radius 2 is 1.31 bits per heavy atom. The first-order valence-electron chi connectivity index (χ1n) is 12.7. The van der Waals surface area contributed by atoms with Gasteiger partial charge in [-0.2, -0.15) is 0 Å². The zero-order valence-electron chi connectivity index (χ0n) is 21.6. The molecule has 0 radical (unpaired) electrons. The summed E-state index contributed by atoms with van der Waals surface area (Å²) in [5.74, 6) is 0. The second-order valence-electron chi connectivity index (χ2n) is 9.29. The molecule has 2 aromatic carbocycles. The SMILES string of the molecule is CO[C@H]1O[C@H](CO)[C@@H](O)[C@H](OCc2cn(Cc3ccccc3)nn2)[C@H]1OCc1cn(Cc2ccccc2)nn1. The van der Waals surface area contributed by atoms with Crippen molar-refractivity contribution in [1.29, 1.82) is 0 Å². The van der Waals surface area contributed by atoms with Crippen molar-refractivity contribution in [3.63, 3.8) is 0 Å². The predicted octanol–water partition coefficient (Wildman–Crippen LogP) is 1.16. The lowest BCUT2D eigenvalue weighted by atomic mass is 9.98. The fourth-order valence-corrected chi connectivity index (χ4v) is 4.47. The van der Waals surface area contributed by atoms with Crippen molar-refractivity contribution in [2.75, 3.05) is 13.7 Å². The molecule has 0 aliphatic carbocycles. The average molecular weight is 537 g/mol. The largest absolute Gasteiger partial charge is 0.394 e. The van der Waals surface area contributed by atoms with E-state index in [-0.39, 0.29) is 13.2 Å². The maximum absolute atomic E-state index is 10.9. The first-order chi connectivity index (χ1) is 19.1. The van der Waals surface area contributed by atoms with E-state index in [2.05, 4.69) is 20.6 Å². The number of aromatic nitrogens is 6. The molecular weight excluding hydrogens is 504 g/mol. The van der Waals surface area contributed by atoms with Gasteiger partial charge < -0.3 is 29.2 Å². The minimum Gasteiger partial charge on any atom is -0.394 e. The molecule has 0 bridgehead atoms. The van der Waals surface area contributed by atoms with Crippen LogP contribution in [0.4, 0.5) is 0 Å². The number of ether oxygens (including phenoxy) is 4. The Kier molecular flexibility index (Phi) is 9.04. The Morgan fingerprint density at radius 3 is 1.79 bits per heavy atom. The lowest BCUT2D eigenvalue weighted by Crippen LogP contribution is -2.60. The Labute approximate surface area is 225 Å². The molecule has 1 fully saturated rings. The topological polar surface area (TPSA) is 139 Å². The van der Waals surface area contributed by atoms with Gasteiger partial charge in [0.15, 0.2) is 6.29 Å². The van der Waals surface area contributed by atoms with Crippen LogP contribution in [-0.2, 0) is 45.3 Å². The number of rotatable bonds is 12. The van der Waals surface area contributed by atoms with Gasteiger partial charge in [0.25, 0.3) is 0 Å². The smallest absolute Gasteiger partial charge is 0.186 e. The molecular formula is C27H32N6O6. The van der Waals surface area contributed by atoms with Crippen molar-refractivity contribution < 1.29 is 29.2 Å².